The molecule has 0 radical (unpaired) electrons. The fourth-order valence-electron chi connectivity index (χ4n) is 4.21. The van der Waals surface area contributed by atoms with Crippen LogP contribution in [0.1, 0.15) is 26.7 Å². The number of rotatable bonds is 5. The summed E-state index contributed by atoms with van der Waals surface area (Å²) < 4.78 is 16.6. The second-order valence-electron chi connectivity index (χ2n) is 8.47. The molecule has 0 amide bonds. The van der Waals surface area contributed by atoms with Crippen molar-refractivity contribution in [3.8, 4) is 0 Å². The Kier molecular flexibility index (Phi) is 4.15. The summed E-state index contributed by atoms with van der Waals surface area (Å²) in [7, 11) is -1.03. The Balaban J connectivity index is 1.91. The van der Waals surface area contributed by atoms with Crippen molar-refractivity contribution in [1.29, 1.82) is 0 Å². The molecule has 3 aliphatic rings. The summed E-state index contributed by atoms with van der Waals surface area (Å²) >= 11 is 0. The van der Waals surface area contributed by atoms with Crippen LogP contribution in [0, 0.1) is 11.8 Å². The van der Waals surface area contributed by atoms with Crippen LogP contribution in [0.15, 0.2) is 11.8 Å². The summed E-state index contributed by atoms with van der Waals surface area (Å²) in [5.74, 6) is -0.502. The number of fused-ring (bicyclic) bond motifs is 3. The van der Waals surface area contributed by atoms with Crippen LogP contribution in [0.3, 0.4) is 0 Å². The van der Waals surface area contributed by atoms with Crippen molar-refractivity contribution < 1.29 is 28.9 Å². The number of hydrogen-bond donors (Lipinski definition) is 2. The Bertz CT molecular complexity index is 562. The summed E-state index contributed by atoms with van der Waals surface area (Å²) in [5.41, 5.74) is -0.0826. The van der Waals surface area contributed by atoms with E-state index in [1.807, 2.05) is 13.1 Å². The zero-order valence-electron chi connectivity index (χ0n) is 15.0. The second kappa shape index (κ2) is 5.55. The van der Waals surface area contributed by atoms with Gasteiger partial charge in [0, 0.05) is 11.8 Å². The van der Waals surface area contributed by atoms with E-state index in [0.29, 0.717) is 18.4 Å². The highest BCUT2D eigenvalue weighted by Gasteiger charge is 2.72. The van der Waals surface area contributed by atoms with E-state index in [2.05, 4.69) is 13.8 Å². The second-order valence-corrected chi connectivity index (χ2v) is 12.9. The molecular weight excluding hydrogens is 328 g/mol. The molecule has 6 nitrogen and oxygen atoms in total. The number of ether oxygens (including phenoxy) is 3. The van der Waals surface area contributed by atoms with Gasteiger partial charge in [0.05, 0.1) is 31.7 Å². The summed E-state index contributed by atoms with van der Waals surface area (Å²) in [4.78, 5) is 22.7. The lowest BCUT2D eigenvalue weighted by Crippen LogP contribution is -2.48. The van der Waals surface area contributed by atoms with Gasteiger partial charge in [0.2, 0.25) is 0 Å². The first-order valence-corrected chi connectivity index (χ1v) is 11.5. The molecule has 0 spiro atoms. The van der Waals surface area contributed by atoms with Crippen molar-refractivity contribution in [2.45, 2.75) is 62.6 Å². The van der Waals surface area contributed by atoms with Gasteiger partial charge >= 0.3 is 5.97 Å². The predicted octanol–water partition coefficient (Wildman–Crippen LogP) is 1.58. The van der Waals surface area contributed by atoms with Gasteiger partial charge in [-0.15, -0.1) is 0 Å². The summed E-state index contributed by atoms with van der Waals surface area (Å²) in [6.45, 7) is 7.89. The Morgan fingerprint density at radius 1 is 1.50 bits per heavy atom. The van der Waals surface area contributed by atoms with E-state index in [0.717, 1.165) is 0 Å². The Hall–Kier alpha value is -0.893. The molecule has 0 aromatic heterocycles. The third-order valence-corrected chi connectivity index (χ3v) is 10.0. The lowest BCUT2D eigenvalue weighted by Gasteiger charge is -2.43. The van der Waals surface area contributed by atoms with E-state index in [9.17, 15) is 14.7 Å². The van der Waals surface area contributed by atoms with Crippen LogP contribution in [0.25, 0.3) is 0 Å². The molecule has 2 heterocycles. The number of aliphatic hydroxyl groups excluding tert-OH is 1. The average molecular weight is 356 g/mol. The molecule has 0 aromatic carbocycles. The minimum Gasteiger partial charge on any atom is -0.497 e. The van der Waals surface area contributed by atoms with Crippen LogP contribution >= 0.6 is 0 Å². The lowest BCUT2D eigenvalue weighted by atomic mass is 9.76. The number of esters is 1. The molecule has 24 heavy (non-hydrogen) atoms. The van der Waals surface area contributed by atoms with Crippen LogP contribution in [0.5, 0.6) is 0 Å². The Morgan fingerprint density at radius 3 is 2.71 bits per heavy atom. The van der Waals surface area contributed by atoms with Crippen LogP contribution in [-0.2, 0) is 19.0 Å². The predicted molar refractivity (Wildman–Crippen MR) is 89.6 cm³/mol. The van der Waals surface area contributed by atoms with E-state index in [1.54, 1.807) is 0 Å². The maximum Gasteiger partial charge on any atom is 0.337 e. The first-order chi connectivity index (χ1) is 11.1. The number of carbonyl (C=O) groups excluding carboxylic acids is 1. The number of methoxy groups -OCH3 is 1. The third kappa shape index (κ3) is 2.53. The van der Waals surface area contributed by atoms with E-state index >= 15 is 0 Å². The van der Waals surface area contributed by atoms with E-state index in [-0.39, 0.29) is 41.7 Å². The molecule has 1 unspecified atom stereocenters. The van der Waals surface area contributed by atoms with Gasteiger partial charge in [0.1, 0.15) is 11.7 Å². The fraction of sp³-hybridized carbons (Fsp3) is 0.824. The average Bonchev–Trinajstić information content (AvgIpc) is 3.10. The maximum absolute atomic E-state index is 12.1. The molecule has 0 aromatic rings. The van der Waals surface area contributed by atoms with Crippen molar-refractivity contribution in [1.82, 2.24) is 0 Å². The lowest BCUT2D eigenvalue weighted by molar-refractivity contribution is -0.138. The smallest absolute Gasteiger partial charge is 0.337 e. The minimum atomic E-state index is -2.40. The molecule has 0 bridgehead atoms. The molecule has 1 aliphatic carbocycles. The van der Waals surface area contributed by atoms with Gasteiger partial charge < -0.3 is 24.1 Å². The van der Waals surface area contributed by atoms with Gasteiger partial charge in [-0.25, -0.2) is 4.79 Å². The number of carbonyl (C=O) groups is 1. The standard InChI is InChI=1S/C17H28O6Si/c1-16(2,24(4,5)20)7-12-14-10(6-13-17(14,9-18)23-13)11(8-22-12)15(19)21-3/h8,10,12-14,18,20H,6-7,9H2,1-5H3/t10-,12+,13?,14-,17+/m1/s1. The van der Waals surface area contributed by atoms with Crippen LogP contribution in [-0.4, -0.2) is 55.7 Å². The molecule has 3 rings (SSSR count). The van der Waals surface area contributed by atoms with Crippen LogP contribution < -0.4 is 0 Å². The van der Waals surface area contributed by atoms with Crippen molar-refractivity contribution in [2.24, 2.45) is 11.8 Å². The van der Waals surface area contributed by atoms with Crippen LogP contribution in [0.4, 0.5) is 0 Å². The Labute approximate surface area is 143 Å². The van der Waals surface area contributed by atoms with Gasteiger partial charge in [-0.05, 0) is 31.0 Å². The first-order valence-electron chi connectivity index (χ1n) is 8.52. The zero-order chi connectivity index (χ0) is 17.9. The SMILES string of the molecule is COC(=O)C1=CO[C@@H](CC(C)(C)[Si](C)(C)O)[C@H]2[C@@H]1CC1O[C@@]12CO. The van der Waals surface area contributed by atoms with Gasteiger partial charge in [-0.1, -0.05) is 13.8 Å². The fourth-order valence-corrected chi connectivity index (χ4v) is 4.91. The molecule has 1 saturated heterocycles. The molecule has 2 aliphatic heterocycles. The third-order valence-electron chi connectivity index (χ3n) is 6.52. The first kappa shape index (κ1) is 17.9. The maximum atomic E-state index is 12.1. The molecule has 7 heteroatoms. The highest BCUT2D eigenvalue weighted by molar-refractivity contribution is 6.72. The van der Waals surface area contributed by atoms with Gasteiger partial charge in [-0.3, -0.25) is 0 Å². The van der Waals surface area contributed by atoms with Gasteiger partial charge in [-0.2, -0.15) is 0 Å². The summed E-state index contributed by atoms with van der Waals surface area (Å²) in [6.07, 6.45) is 2.66. The normalized spacial score (nSPS) is 37.9. The Morgan fingerprint density at radius 2 is 2.17 bits per heavy atom. The molecule has 5 atom stereocenters. The molecule has 1 saturated carbocycles. The number of hydrogen-bond acceptors (Lipinski definition) is 6. The summed E-state index contributed by atoms with van der Waals surface area (Å²) in [5, 5.41) is 9.65. The van der Waals surface area contributed by atoms with Crippen molar-refractivity contribution in [2.75, 3.05) is 13.7 Å². The van der Waals surface area contributed by atoms with Crippen molar-refractivity contribution >= 4 is 14.3 Å². The summed E-state index contributed by atoms with van der Waals surface area (Å²) in [6, 6.07) is 0. The van der Waals surface area contributed by atoms with E-state index in [4.69, 9.17) is 14.2 Å². The zero-order valence-corrected chi connectivity index (χ0v) is 16.0. The molecule has 2 N–H and O–H groups in total. The monoisotopic (exact) mass is 356 g/mol. The number of aliphatic hydroxyl groups is 1. The van der Waals surface area contributed by atoms with Crippen LogP contribution in [0.2, 0.25) is 18.1 Å². The molecule has 2 fully saturated rings. The number of epoxide rings is 1. The minimum absolute atomic E-state index is 0.0265. The highest BCUT2D eigenvalue weighted by atomic mass is 28.4. The van der Waals surface area contributed by atoms with Gasteiger partial charge in [0.15, 0.2) is 8.32 Å². The highest BCUT2D eigenvalue weighted by Crippen LogP contribution is 2.62. The molecular formula is C17H28O6Si. The van der Waals surface area contributed by atoms with E-state index in [1.165, 1.54) is 13.4 Å². The van der Waals surface area contributed by atoms with Crippen molar-refractivity contribution in [3.63, 3.8) is 0 Å². The largest absolute Gasteiger partial charge is 0.497 e. The topological polar surface area (TPSA) is 88.5 Å². The van der Waals surface area contributed by atoms with Gasteiger partial charge in [0.25, 0.3) is 0 Å². The molecule has 136 valence electrons. The van der Waals surface area contributed by atoms with E-state index < -0.39 is 13.9 Å². The quantitative estimate of drug-likeness (QED) is 0.442. The van der Waals surface area contributed by atoms with Crippen molar-refractivity contribution in [3.05, 3.63) is 11.8 Å².